The summed E-state index contributed by atoms with van der Waals surface area (Å²) in [6, 6.07) is 4.51. The van der Waals surface area contributed by atoms with Crippen LogP contribution < -0.4 is 10.1 Å². The van der Waals surface area contributed by atoms with Crippen molar-refractivity contribution in [3.05, 3.63) is 40.7 Å². The molecule has 3 atom stereocenters. The molecule has 2 aliphatic heterocycles. The summed E-state index contributed by atoms with van der Waals surface area (Å²) in [5.74, 6) is -3.30. The SMILES string of the molecule is Cc1nc(C(F)(F)F)cc(-c2ccnc3cc(CN4C(=O)C5C(C4=O)C5(C)C)sc23)c1OC1CCCNC1.O=C(O)C(F)(F)F. The second-order valence-electron chi connectivity index (χ2n) is 11.7. The van der Waals surface area contributed by atoms with Crippen molar-refractivity contribution in [2.24, 2.45) is 17.3 Å². The third-order valence-corrected chi connectivity index (χ3v) is 9.31. The third-order valence-electron chi connectivity index (χ3n) is 8.17. The quantitative estimate of drug-likeness (QED) is 0.269. The lowest BCUT2D eigenvalue weighted by Gasteiger charge is -2.26. The van der Waals surface area contributed by atoms with E-state index >= 15 is 0 Å². The highest BCUT2D eigenvalue weighted by Gasteiger charge is 2.72. The van der Waals surface area contributed by atoms with Gasteiger partial charge in [-0.1, -0.05) is 13.8 Å². The summed E-state index contributed by atoms with van der Waals surface area (Å²) in [4.78, 5) is 44.9. The monoisotopic (exact) mass is 658 g/mol. The number of alkyl halides is 6. The highest BCUT2D eigenvalue weighted by molar-refractivity contribution is 7.19. The van der Waals surface area contributed by atoms with Crippen LogP contribution in [0.3, 0.4) is 0 Å². The number of hydrogen-bond acceptors (Lipinski definition) is 8. The molecule has 0 radical (unpaired) electrons. The van der Waals surface area contributed by atoms with Gasteiger partial charge in [-0.25, -0.2) is 9.78 Å². The van der Waals surface area contributed by atoms with Gasteiger partial charge in [-0.2, -0.15) is 26.3 Å². The van der Waals surface area contributed by atoms with Gasteiger partial charge >= 0.3 is 18.3 Å². The first-order valence-electron chi connectivity index (χ1n) is 13.9. The average Bonchev–Trinajstić information content (AvgIpc) is 3.19. The molecule has 2 saturated heterocycles. The van der Waals surface area contributed by atoms with Crippen molar-refractivity contribution < 1.29 is 50.6 Å². The van der Waals surface area contributed by atoms with E-state index in [1.807, 2.05) is 13.8 Å². The molecular formula is C29H28F6N4O5S. The van der Waals surface area contributed by atoms with Crippen molar-refractivity contribution in [3.63, 3.8) is 0 Å². The molecule has 242 valence electrons. The molecule has 3 aromatic heterocycles. The fourth-order valence-corrected chi connectivity index (χ4v) is 6.97. The molecular weight excluding hydrogens is 630 g/mol. The van der Waals surface area contributed by atoms with Crippen LogP contribution in [0.5, 0.6) is 5.75 Å². The molecule has 3 aromatic rings. The molecule has 0 spiro atoms. The highest BCUT2D eigenvalue weighted by Crippen LogP contribution is 2.63. The van der Waals surface area contributed by atoms with Gasteiger partial charge < -0.3 is 15.2 Å². The highest BCUT2D eigenvalue weighted by atomic mass is 32.1. The van der Waals surface area contributed by atoms with E-state index in [0.29, 0.717) is 33.6 Å². The van der Waals surface area contributed by atoms with E-state index in [1.165, 1.54) is 23.2 Å². The normalized spacial score (nSPS) is 22.6. The number of amides is 2. The van der Waals surface area contributed by atoms with Crippen LogP contribution in [0.25, 0.3) is 21.3 Å². The number of pyridine rings is 2. The maximum Gasteiger partial charge on any atom is 0.490 e. The predicted molar refractivity (Wildman–Crippen MR) is 149 cm³/mol. The summed E-state index contributed by atoms with van der Waals surface area (Å²) in [7, 11) is 0. The van der Waals surface area contributed by atoms with Crippen LogP contribution in [0.2, 0.25) is 0 Å². The van der Waals surface area contributed by atoms with Crippen LogP contribution in [0.1, 0.15) is 43.0 Å². The number of carbonyl (C=O) groups excluding carboxylic acids is 2. The number of carboxylic acid groups (broad SMARTS) is 1. The number of imide groups is 1. The van der Waals surface area contributed by atoms with Gasteiger partial charge in [0.1, 0.15) is 17.5 Å². The minimum atomic E-state index is -5.08. The zero-order chi connectivity index (χ0) is 33.1. The topological polar surface area (TPSA) is 122 Å². The minimum absolute atomic E-state index is 0.126. The van der Waals surface area contributed by atoms with Gasteiger partial charge in [0.15, 0.2) is 0 Å². The fourth-order valence-electron chi connectivity index (χ4n) is 5.84. The molecule has 1 saturated carbocycles. The molecule has 16 heteroatoms. The van der Waals surface area contributed by atoms with Crippen molar-refractivity contribution in [2.45, 2.75) is 58.6 Å². The number of carboxylic acids is 1. The Bertz CT molecular complexity index is 1640. The first-order chi connectivity index (χ1) is 20.9. The average molecular weight is 659 g/mol. The summed E-state index contributed by atoms with van der Waals surface area (Å²) in [5.41, 5.74) is 0.310. The number of ether oxygens (including phenoxy) is 1. The number of nitrogens with one attached hydrogen (secondary N) is 1. The zero-order valence-corrected chi connectivity index (χ0v) is 25.0. The van der Waals surface area contributed by atoms with E-state index in [2.05, 4.69) is 15.3 Å². The number of thiophene rings is 1. The lowest BCUT2D eigenvalue weighted by molar-refractivity contribution is -0.192. The number of likely N-dealkylation sites (tertiary alicyclic amines) is 1. The summed E-state index contributed by atoms with van der Waals surface area (Å²) >= 11 is 1.32. The van der Waals surface area contributed by atoms with Crippen LogP contribution in [0, 0.1) is 24.2 Å². The molecule has 0 aromatic carbocycles. The molecule has 2 N–H and O–H groups in total. The Morgan fingerprint density at radius 2 is 1.78 bits per heavy atom. The third kappa shape index (κ3) is 6.34. The van der Waals surface area contributed by atoms with E-state index in [9.17, 15) is 35.9 Å². The van der Waals surface area contributed by atoms with Crippen LogP contribution >= 0.6 is 11.3 Å². The number of aryl methyl sites for hydroxylation is 1. The van der Waals surface area contributed by atoms with Gasteiger partial charge in [0.25, 0.3) is 0 Å². The number of rotatable bonds is 5. The Hall–Kier alpha value is -3.79. The molecule has 3 unspecified atom stereocenters. The molecule has 3 fully saturated rings. The Labute approximate surface area is 256 Å². The molecule has 2 amide bonds. The van der Waals surface area contributed by atoms with Crippen molar-refractivity contribution in [2.75, 3.05) is 13.1 Å². The second kappa shape index (κ2) is 11.5. The van der Waals surface area contributed by atoms with Crippen LogP contribution in [0.4, 0.5) is 26.3 Å². The summed E-state index contributed by atoms with van der Waals surface area (Å²) in [5, 5.41) is 10.4. The first-order valence-corrected chi connectivity index (χ1v) is 14.7. The van der Waals surface area contributed by atoms with E-state index < -0.39 is 24.0 Å². The largest absolute Gasteiger partial charge is 0.490 e. The van der Waals surface area contributed by atoms with E-state index in [1.54, 1.807) is 18.3 Å². The number of halogens is 6. The molecule has 3 aliphatic rings. The second-order valence-corrected chi connectivity index (χ2v) is 12.8. The fraction of sp³-hybridized carbons (Fsp3) is 0.483. The van der Waals surface area contributed by atoms with E-state index in [4.69, 9.17) is 14.6 Å². The van der Waals surface area contributed by atoms with Crippen molar-refractivity contribution >= 4 is 39.3 Å². The van der Waals surface area contributed by atoms with Crippen molar-refractivity contribution in [1.29, 1.82) is 0 Å². The lowest BCUT2D eigenvalue weighted by Crippen LogP contribution is -2.37. The van der Waals surface area contributed by atoms with E-state index in [-0.39, 0.29) is 47.4 Å². The van der Waals surface area contributed by atoms with Crippen molar-refractivity contribution in [1.82, 2.24) is 20.2 Å². The van der Waals surface area contributed by atoms with Gasteiger partial charge in [0, 0.05) is 28.7 Å². The number of carbonyl (C=O) groups is 3. The molecule has 6 rings (SSSR count). The number of nitrogens with zero attached hydrogens (tertiary/aromatic N) is 3. The smallest absolute Gasteiger partial charge is 0.487 e. The molecule has 0 bridgehead atoms. The van der Waals surface area contributed by atoms with E-state index in [0.717, 1.165) is 30.3 Å². The number of hydrogen-bond donors (Lipinski definition) is 2. The standard InChI is InChI=1S/C27H27F3N4O3S.C2HF3O2/c1-13-22(37-14-5-4-7-31-11-14)17(10-19(33-13)27(28,29)30)16-6-8-32-18-9-15(38-23(16)18)12-34-24(35)20-21(25(34)36)26(20,2)3;3-2(4,5)1(6)7/h6,8-10,14,20-21,31H,4-5,7,11-12H2,1-3H3;(H,6,7). The Balaban J connectivity index is 0.000000515. The van der Waals surface area contributed by atoms with Gasteiger partial charge in [-0.15, -0.1) is 11.3 Å². The van der Waals surface area contributed by atoms with Gasteiger partial charge in [0.05, 0.1) is 34.3 Å². The summed E-state index contributed by atoms with van der Waals surface area (Å²) in [6.07, 6.45) is -6.64. The number of aromatic nitrogens is 2. The Morgan fingerprint density at radius 3 is 2.33 bits per heavy atom. The number of piperidine rings is 2. The van der Waals surface area contributed by atoms with Crippen LogP contribution in [-0.4, -0.2) is 63.1 Å². The Kier molecular flexibility index (Phi) is 8.36. The maximum absolute atomic E-state index is 13.8. The summed E-state index contributed by atoms with van der Waals surface area (Å²) in [6.45, 7) is 6.99. The van der Waals surface area contributed by atoms with Crippen LogP contribution in [0.15, 0.2) is 24.4 Å². The van der Waals surface area contributed by atoms with Crippen molar-refractivity contribution in [3.8, 4) is 16.9 Å². The summed E-state index contributed by atoms with van der Waals surface area (Å²) < 4.78 is 80.0. The molecule has 1 aliphatic carbocycles. The zero-order valence-electron chi connectivity index (χ0n) is 24.2. The number of aliphatic carboxylic acids is 1. The molecule has 9 nitrogen and oxygen atoms in total. The number of fused-ring (bicyclic) bond motifs is 2. The van der Waals surface area contributed by atoms with Gasteiger partial charge in [0.2, 0.25) is 11.8 Å². The Morgan fingerprint density at radius 1 is 1.13 bits per heavy atom. The first kappa shape index (κ1) is 32.6. The lowest BCUT2D eigenvalue weighted by atomic mass is 10.0. The minimum Gasteiger partial charge on any atom is -0.487 e. The van der Waals surface area contributed by atoms with Crippen LogP contribution in [-0.2, 0) is 27.1 Å². The van der Waals surface area contributed by atoms with Gasteiger partial charge in [-0.3, -0.25) is 19.5 Å². The molecule has 45 heavy (non-hydrogen) atoms. The maximum atomic E-state index is 13.8. The predicted octanol–water partition coefficient (Wildman–Crippen LogP) is 5.59. The molecule has 5 heterocycles. The van der Waals surface area contributed by atoms with Gasteiger partial charge in [-0.05, 0) is 49.9 Å².